The lowest BCUT2D eigenvalue weighted by Gasteiger charge is -2.29. The van der Waals surface area contributed by atoms with Crippen LogP contribution >= 0.6 is 0 Å². The minimum atomic E-state index is -0.492. The Morgan fingerprint density at radius 3 is 2.31 bits per heavy atom. The minimum absolute atomic E-state index is 0.202. The highest BCUT2D eigenvalue weighted by Gasteiger charge is 2.40. The second-order valence-electron chi connectivity index (χ2n) is 8.92. The third kappa shape index (κ3) is 5.05. The van der Waals surface area contributed by atoms with Gasteiger partial charge in [-0.3, -0.25) is 13.9 Å². The molecule has 0 radical (unpaired) electrons. The van der Waals surface area contributed by atoms with Gasteiger partial charge >= 0.3 is 5.69 Å². The molecular weight excluding hydrogens is 336 g/mol. The van der Waals surface area contributed by atoms with Gasteiger partial charge in [0, 0.05) is 25.2 Å². The highest BCUT2D eigenvalue weighted by atomic mass is 16.6. The lowest BCUT2D eigenvalue weighted by molar-refractivity contribution is -0.132. The van der Waals surface area contributed by atoms with Gasteiger partial charge < -0.3 is 14.2 Å². The van der Waals surface area contributed by atoms with Gasteiger partial charge in [-0.05, 0) is 48.5 Å². The summed E-state index contributed by atoms with van der Waals surface area (Å²) in [6.45, 7) is 14.0. The van der Waals surface area contributed by atoms with Crippen molar-refractivity contribution in [3.63, 3.8) is 0 Å². The zero-order valence-electron chi connectivity index (χ0n) is 17.2. The first kappa shape index (κ1) is 20.9. The fourth-order valence-corrected chi connectivity index (χ4v) is 2.98. The first-order valence-electron chi connectivity index (χ1n) is 9.04. The molecule has 1 fully saturated rings. The van der Waals surface area contributed by atoms with E-state index in [1.54, 1.807) is 13.1 Å². The molecule has 0 bridgehead atoms. The predicted molar refractivity (Wildman–Crippen MR) is 99.5 cm³/mol. The second-order valence-corrected chi connectivity index (χ2v) is 8.92. The van der Waals surface area contributed by atoms with Gasteiger partial charge in [-0.2, -0.15) is 0 Å². The zero-order valence-corrected chi connectivity index (χ0v) is 17.2. The van der Waals surface area contributed by atoms with Crippen molar-refractivity contribution in [3.05, 3.63) is 32.6 Å². The predicted octanol–water partition coefficient (Wildman–Crippen LogP) is 2.14. The molecule has 0 spiro atoms. The molecule has 0 saturated carbocycles. The van der Waals surface area contributed by atoms with Crippen LogP contribution in [0.4, 0.5) is 0 Å². The third-order valence-corrected chi connectivity index (χ3v) is 4.16. The molecular formula is C19H32N2O5. The van der Waals surface area contributed by atoms with E-state index in [1.165, 1.54) is 11.6 Å². The monoisotopic (exact) mass is 368 g/mol. The topological polar surface area (TPSA) is 71.7 Å². The molecule has 148 valence electrons. The van der Waals surface area contributed by atoms with E-state index in [0.717, 1.165) is 4.57 Å². The summed E-state index contributed by atoms with van der Waals surface area (Å²) < 4.78 is 20.8. The Balaban J connectivity index is 2.29. The third-order valence-electron chi connectivity index (χ3n) is 4.16. The van der Waals surface area contributed by atoms with Crippen LogP contribution in [0.3, 0.4) is 0 Å². The Morgan fingerprint density at radius 2 is 1.77 bits per heavy atom. The maximum absolute atomic E-state index is 12.5. The summed E-state index contributed by atoms with van der Waals surface area (Å²) in [5.74, 6) is 0. The Morgan fingerprint density at radius 1 is 1.15 bits per heavy atom. The van der Waals surface area contributed by atoms with Crippen molar-refractivity contribution in [1.82, 2.24) is 9.13 Å². The molecule has 1 aromatic rings. The number of hydrogen-bond donors (Lipinski definition) is 0. The van der Waals surface area contributed by atoms with Gasteiger partial charge in [0.1, 0.15) is 12.3 Å². The standard InChI is InChI=1S/C19H32N2O5/c1-12-10-21(17(23)20(8)16(12)22)15-9-13(26-19(5,6)7)14(25-15)11-24-18(2,3)4/h10,13-15H,9,11H2,1-8H3/t13?,14-,15-/m1/s1. The lowest BCUT2D eigenvalue weighted by Crippen LogP contribution is -2.40. The van der Waals surface area contributed by atoms with Crippen molar-refractivity contribution >= 4 is 0 Å². The highest BCUT2D eigenvalue weighted by Crippen LogP contribution is 2.33. The fraction of sp³-hybridized carbons (Fsp3) is 0.789. The van der Waals surface area contributed by atoms with Gasteiger partial charge in [0.05, 0.1) is 23.9 Å². The molecule has 1 aliphatic heterocycles. The summed E-state index contributed by atoms with van der Waals surface area (Å²) in [6.07, 6.45) is 1.10. The SMILES string of the molecule is Cc1cn([C@H]2CC(OC(C)(C)C)[C@@H](COC(C)(C)C)O2)c(=O)n(C)c1=O. The molecule has 7 nitrogen and oxygen atoms in total. The minimum Gasteiger partial charge on any atom is -0.373 e. The van der Waals surface area contributed by atoms with Crippen LogP contribution in [0.25, 0.3) is 0 Å². The molecule has 3 atom stereocenters. The molecule has 0 amide bonds. The van der Waals surface area contributed by atoms with Gasteiger partial charge in [-0.1, -0.05) is 0 Å². The summed E-state index contributed by atoms with van der Waals surface area (Å²) in [6, 6.07) is 0. The summed E-state index contributed by atoms with van der Waals surface area (Å²) in [7, 11) is 1.48. The van der Waals surface area contributed by atoms with Crippen LogP contribution in [-0.2, 0) is 21.3 Å². The molecule has 0 aliphatic carbocycles. The maximum atomic E-state index is 12.5. The van der Waals surface area contributed by atoms with Crippen molar-refractivity contribution in [3.8, 4) is 0 Å². The number of aromatic nitrogens is 2. The van der Waals surface area contributed by atoms with Crippen LogP contribution in [0, 0.1) is 6.92 Å². The van der Waals surface area contributed by atoms with Crippen LogP contribution in [0.1, 0.15) is 59.8 Å². The van der Waals surface area contributed by atoms with Crippen LogP contribution < -0.4 is 11.2 Å². The molecule has 1 unspecified atom stereocenters. The van der Waals surface area contributed by atoms with Crippen molar-refractivity contribution < 1.29 is 14.2 Å². The molecule has 26 heavy (non-hydrogen) atoms. The molecule has 0 N–H and O–H groups in total. The van der Waals surface area contributed by atoms with Crippen LogP contribution in [0.2, 0.25) is 0 Å². The van der Waals surface area contributed by atoms with E-state index in [2.05, 4.69) is 0 Å². The number of ether oxygens (including phenoxy) is 3. The molecule has 0 aromatic carbocycles. The zero-order chi connectivity index (χ0) is 19.9. The summed E-state index contributed by atoms with van der Waals surface area (Å²) in [5.41, 5.74) is -0.819. The van der Waals surface area contributed by atoms with Crippen molar-refractivity contribution in [1.29, 1.82) is 0 Å². The van der Waals surface area contributed by atoms with Crippen LogP contribution in [0.5, 0.6) is 0 Å². The number of aryl methyl sites for hydroxylation is 1. The van der Waals surface area contributed by atoms with Crippen LogP contribution in [-0.4, -0.2) is 39.2 Å². The van der Waals surface area contributed by atoms with Crippen molar-refractivity contribution in [2.24, 2.45) is 7.05 Å². The Hall–Kier alpha value is -1.44. The molecule has 7 heteroatoms. The molecule has 2 rings (SSSR count). The van der Waals surface area contributed by atoms with Crippen LogP contribution in [0.15, 0.2) is 15.8 Å². The van der Waals surface area contributed by atoms with Crippen molar-refractivity contribution in [2.45, 2.75) is 84.5 Å². The summed E-state index contributed by atoms with van der Waals surface area (Å²) in [5, 5.41) is 0. The molecule has 1 aliphatic rings. The average Bonchev–Trinajstić information content (AvgIpc) is 2.86. The van der Waals surface area contributed by atoms with Crippen molar-refractivity contribution in [2.75, 3.05) is 6.61 Å². The Kier molecular flexibility index (Phi) is 5.85. The smallest absolute Gasteiger partial charge is 0.332 e. The highest BCUT2D eigenvalue weighted by molar-refractivity contribution is 5.03. The number of hydrogen-bond acceptors (Lipinski definition) is 5. The fourth-order valence-electron chi connectivity index (χ4n) is 2.98. The largest absolute Gasteiger partial charge is 0.373 e. The molecule has 2 heterocycles. The second kappa shape index (κ2) is 7.29. The van der Waals surface area contributed by atoms with Gasteiger partial charge in [-0.25, -0.2) is 4.79 Å². The Labute approximate surface area is 154 Å². The van der Waals surface area contributed by atoms with E-state index in [1.807, 2.05) is 41.5 Å². The van der Waals surface area contributed by atoms with Gasteiger partial charge in [0.25, 0.3) is 5.56 Å². The first-order valence-corrected chi connectivity index (χ1v) is 9.04. The van der Waals surface area contributed by atoms with Gasteiger partial charge in [-0.15, -0.1) is 0 Å². The van der Waals surface area contributed by atoms with E-state index >= 15 is 0 Å². The number of nitrogens with zero attached hydrogens (tertiary/aromatic N) is 2. The van der Waals surface area contributed by atoms with Gasteiger partial charge in [0.15, 0.2) is 0 Å². The van der Waals surface area contributed by atoms with E-state index < -0.39 is 11.9 Å². The molecule has 1 saturated heterocycles. The van der Waals surface area contributed by atoms with E-state index in [9.17, 15) is 9.59 Å². The number of rotatable bonds is 4. The first-order chi connectivity index (χ1) is 11.8. The summed E-state index contributed by atoms with van der Waals surface area (Å²) in [4.78, 5) is 24.5. The quantitative estimate of drug-likeness (QED) is 0.814. The average molecular weight is 368 g/mol. The summed E-state index contributed by atoms with van der Waals surface area (Å²) >= 11 is 0. The van der Waals surface area contributed by atoms with E-state index in [4.69, 9.17) is 14.2 Å². The lowest BCUT2D eigenvalue weighted by atomic mass is 10.1. The van der Waals surface area contributed by atoms with E-state index in [0.29, 0.717) is 18.6 Å². The Bertz CT molecular complexity index is 751. The van der Waals surface area contributed by atoms with Gasteiger partial charge in [0.2, 0.25) is 0 Å². The molecule has 1 aromatic heterocycles. The van der Waals surface area contributed by atoms with E-state index in [-0.39, 0.29) is 29.0 Å². The maximum Gasteiger partial charge on any atom is 0.332 e. The normalized spacial score (nSPS) is 24.2.